The highest BCUT2D eigenvalue weighted by Gasteiger charge is 2.31. The second-order valence-corrected chi connectivity index (χ2v) is 7.44. The first-order valence-corrected chi connectivity index (χ1v) is 10.3. The third kappa shape index (κ3) is 4.35. The number of hydrogen-bond donors (Lipinski definition) is 0. The normalized spacial score (nSPS) is 16.2. The molecular formula is C22H19F2N7O2. The zero-order valence-corrected chi connectivity index (χ0v) is 17.4. The largest absolute Gasteiger partial charge is 0.356 e. The molecule has 9 nitrogen and oxygen atoms in total. The fourth-order valence-electron chi connectivity index (χ4n) is 3.71. The van der Waals surface area contributed by atoms with Gasteiger partial charge in [-0.2, -0.15) is 20.1 Å². The van der Waals surface area contributed by atoms with Gasteiger partial charge >= 0.3 is 0 Å². The highest BCUT2D eigenvalue weighted by molar-refractivity contribution is 5.97. The molecule has 3 aromatic heterocycles. The SMILES string of the molecule is O=C(c1cc(F)ccc1-n1nccn1)N1CCCO[C@H]1Cn1ccc(-c2ccc(F)cn2)n1. The molecule has 0 N–H and O–H groups in total. The Bertz CT molecular complexity index is 1260. The number of halogens is 2. The molecule has 0 radical (unpaired) electrons. The minimum absolute atomic E-state index is 0.137. The van der Waals surface area contributed by atoms with Crippen LogP contribution < -0.4 is 0 Å². The van der Waals surface area contributed by atoms with Crippen molar-refractivity contribution in [3.05, 3.63) is 78.4 Å². The minimum atomic E-state index is -0.609. The first-order chi connectivity index (χ1) is 16.1. The van der Waals surface area contributed by atoms with Crippen LogP contribution in [0.3, 0.4) is 0 Å². The highest BCUT2D eigenvalue weighted by Crippen LogP contribution is 2.22. The van der Waals surface area contributed by atoms with Crippen molar-refractivity contribution >= 4 is 5.91 Å². The van der Waals surface area contributed by atoms with Crippen molar-refractivity contribution in [1.82, 2.24) is 34.7 Å². The number of benzene rings is 1. The molecule has 1 aliphatic rings. The molecule has 1 aromatic carbocycles. The fraction of sp³-hybridized carbons (Fsp3) is 0.227. The molecule has 0 bridgehead atoms. The maximum Gasteiger partial charge on any atom is 0.258 e. The molecule has 5 rings (SSSR count). The third-order valence-electron chi connectivity index (χ3n) is 5.26. The van der Waals surface area contributed by atoms with E-state index in [9.17, 15) is 13.6 Å². The summed E-state index contributed by atoms with van der Waals surface area (Å²) in [5, 5.41) is 12.6. The predicted octanol–water partition coefficient (Wildman–Crippen LogP) is 2.69. The summed E-state index contributed by atoms with van der Waals surface area (Å²) < 4.78 is 34.7. The highest BCUT2D eigenvalue weighted by atomic mass is 19.1. The average molecular weight is 451 g/mol. The molecule has 1 amide bonds. The van der Waals surface area contributed by atoms with Crippen LogP contribution in [0.1, 0.15) is 16.8 Å². The topological polar surface area (TPSA) is 91.0 Å². The van der Waals surface area contributed by atoms with Crippen molar-refractivity contribution in [3.8, 4) is 17.1 Å². The maximum absolute atomic E-state index is 14.1. The van der Waals surface area contributed by atoms with Crippen LogP contribution in [0, 0.1) is 11.6 Å². The Morgan fingerprint density at radius 2 is 1.88 bits per heavy atom. The Hall–Kier alpha value is -3.99. The number of nitrogens with zero attached hydrogens (tertiary/aromatic N) is 7. The standard InChI is InChI=1S/C22H19F2N7O2/c23-15-3-5-20(31-26-7-8-27-31)17(12-15)22(32)30-9-1-11-33-21(30)14-29-10-6-19(28-29)18-4-2-16(24)13-25-18/h2-8,10,12-13,21H,1,9,11,14H2/t21-/m0/s1. The smallest absolute Gasteiger partial charge is 0.258 e. The summed E-state index contributed by atoms with van der Waals surface area (Å²) in [5.74, 6) is -1.35. The van der Waals surface area contributed by atoms with Crippen molar-refractivity contribution in [2.45, 2.75) is 19.2 Å². The van der Waals surface area contributed by atoms with Crippen LogP contribution >= 0.6 is 0 Å². The van der Waals surface area contributed by atoms with E-state index >= 15 is 0 Å². The second kappa shape index (κ2) is 8.87. The van der Waals surface area contributed by atoms with Crippen molar-refractivity contribution in [3.63, 3.8) is 0 Å². The monoisotopic (exact) mass is 451 g/mol. The van der Waals surface area contributed by atoms with Gasteiger partial charge in [0.1, 0.15) is 17.3 Å². The second-order valence-electron chi connectivity index (χ2n) is 7.44. The van der Waals surface area contributed by atoms with Crippen LogP contribution in [-0.4, -0.2) is 59.9 Å². The fourth-order valence-corrected chi connectivity index (χ4v) is 3.71. The van der Waals surface area contributed by atoms with Gasteiger partial charge in [0, 0.05) is 12.7 Å². The molecule has 1 atom stereocenters. The van der Waals surface area contributed by atoms with Gasteiger partial charge in [-0.25, -0.2) is 8.78 Å². The number of carbonyl (C=O) groups excluding carboxylic acids is 1. The van der Waals surface area contributed by atoms with Gasteiger partial charge in [-0.05, 0) is 42.8 Å². The van der Waals surface area contributed by atoms with Crippen LogP contribution in [-0.2, 0) is 11.3 Å². The van der Waals surface area contributed by atoms with Crippen LogP contribution in [0.25, 0.3) is 17.1 Å². The predicted molar refractivity (Wildman–Crippen MR) is 112 cm³/mol. The molecule has 1 saturated heterocycles. The van der Waals surface area contributed by atoms with Crippen LogP contribution in [0.15, 0.2) is 61.2 Å². The van der Waals surface area contributed by atoms with Gasteiger partial charge in [-0.1, -0.05) is 0 Å². The van der Waals surface area contributed by atoms with Gasteiger partial charge in [-0.3, -0.25) is 14.5 Å². The number of ether oxygens (including phenoxy) is 1. The zero-order chi connectivity index (χ0) is 22.8. The number of hydrogen-bond acceptors (Lipinski definition) is 6. The summed E-state index contributed by atoms with van der Waals surface area (Å²) in [5.41, 5.74) is 1.61. The van der Waals surface area contributed by atoms with E-state index in [1.807, 2.05) is 0 Å². The van der Waals surface area contributed by atoms with E-state index < -0.39 is 17.9 Å². The Labute approximate surface area is 187 Å². The Morgan fingerprint density at radius 1 is 1.06 bits per heavy atom. The molecule has 168 valence electrons. The van der Waals surface area contributed by atoms with E-state index in [2.05, 4.69) is 20.3 Å². The molecule has 0 unspecified atom stereocenters. The van der Waals surface area contributed by atoms with E-state index in [4.69, 9.17) is 4.74 Å². The van der Waals surface area contributed by atoms with Gasteiger partial charge < -0.3 is 9.64 Å². The molecule has 0 spiro atoms. The van der Waals surface area contributed by atoms with Gasteiger partial charge in [-0.15, -0.1) is 0 Å². The molecule has 0 aliphatic carbocycles. The van der Waals surface area contributed by atoms with E-state index in [-0.39, 0.29) is 18.0 Å². The molecule has 11 heteroatoms. The third-order valence-corrected chi connectivity index (χ3v) is 5.26. The number of pyridine rings is 1. The first-order valence-electron chi connectivity index (χ1n) is 10.3. The minimum Gasteiger partial charge on any atom is -0.356 e. The molecule has 0 saturated carbocycles. The molecule has 4 heterocycles. The van der Waals surface area contributed by atoms with Crippen molar-refractivity contribution in [1.29, 1.82) is 0 Å². The van der Waals surface area contributed by atoms with E-state index in [0.29, 0.717) is 36.6 Å². The van der Waals surface area contributed by atoms with E-state index in [1.165, 1.54) is 41.5 Å². The van der Waals surface area contributed by atoms with Crippen molar-refractivity contribution < 1.29 is 18.3 Å². The van der Waals surface area contributed by atoms with E-state index in [1.54, 1.807) is 27.9 Å². The Balaban J connectivity index is 1.39. The molecular weight excluding hydrogens is 432 g/mol. The zero-order valence-electron chi connectivity index (χ0n) is 17.4. The lowest BCUT2D eigenvalue weighted by Gasteiger charge is -2.35. The lowest BCUT2D eigenvalue weighted by Crippen LogP contribution is -2.48. The summed E-state index contributed by atoms with van der Waals surface area (Å²) in [4.78, 5) is 20.3. The summed E-state index contributed by atoms with van der Waals surface area (Å²) in [7, 11) is 0. The number of carbonyl (C=O) groups is 1. The maximum atomic E-state index is 14.1. The summed E-state index contributed by atoms with van der Waals surface area (Å²) in [6, 6.07) is 8.52. The molecule has 33 heavy (non-hydrogen) atoms. The van der Waals surface area contributed by atoms with Crippen LogP contribution in [0.5, 0.6) is 0 Å². The molecule has 1 fully saturated rings. The number of rotatable bonds is 5. The summed E-state index contributed by atoms with van der Waals surface area (Å²) in [6.45, 7) is 1.19. The van der Waals surface area contributed by atoms with Crippen molar-refractivity contribution in [2.24, 2.45) is 0 Å². The number of aromatic nitrogens is 6. The summed E-state index contributed by atoms with van der Waals surface area (Å²) in [6.07, 6.45) is 5.87. The average Bonchev–Trinajstić information content (AvgIpc) is 3.52. The Morgan fingerprint density at radius 3 is 2.67 bits per heavy atom. The quantitative estimate of drug-likeness (QED) is 0.464. The lowest BCUT2D eigenvalue weighted by molar-refractivity contribution is -0.0861. The molecule has 4 aromatic rings. The first kappa shape index (κ1) is 20.9. The van der Waals surface area contributed by atoms with Gasteiger partial charge in [0.15, 0.2) is 6.23 Å². The van der Waals surface area contributed by atoms with Crippen molar-refractivity contribution in [2.75, 3.05) is 13.2 Å². The van der Waals surface area contributed by atoms with Crippen LogP contribution in [0.2, 0.25) is 0 Å². The van der Waals surface area contributed by atoms with Crippen LogP contribution in [0.4, 0.5) is 8.78 Å². The number of amides is 1. The summed E-state index contributed by atoms with van der Waals surface area (Å²) >= 11 is 0. The Kier molecular flexibility index (Phi) is 5.61. The van der Waals surface area contributed by atoms with Gasteiger partial charge in [0.05, 0.1) is 48.7 Å². The lowest BCUT2D eigenvalue weighted by atomic mass is 10.1. The molecule has 1 aliphatic heterocycles. The van der Waals surface area contributed by atoms with Gasteiger partial charge in [0.25, 0.3) is 5.91 Å². The van der Waals surface area contributed by atoms with E-state index in [0.717, 1.165) is 6.20 Å². The van der Waals surface area contributed by atoms with Gasteiger partial charge in [0.2, 0.25) is 0 Å².